The van der Waals surface area contributed by atoms with Crippen LogP contribution in [0.15, 0.2) is 24.4 Å². The molecule has 0 aliphatic heterocycles. The monoisotopic (exact) mass is 176 g/mol. The van der Waals surface area contributed by atoms with Crippen LogP contribution in [0.2, 0.25) is 0 Å². The van der Waals surface area contributed by atoms with Crippen molar-refractivity contribution in [3.8, 4) is 0 Å². The Bertz CT molecular complexity index is 473. The molecule has 0 fully saturated rings. The smallest absolute Gasteiger partial charge is 0.356 e. The Morgan fingerprint density at radius 1 is 1.62 bits per heavy atom. The molecule has 66 valence electrons. The molecule has 0 spiro atoms. The largest absolute Gasteiger partial charge is 0.476 e. The lowest BCUT2D eigenvalue weighted by Crippen LogP contribution is -1.97. The fourth-order valence-electron chi connectivity index (χ4n) is 1.26. The minimum Gasteiger partial charge on any atom is -0.476 e. The van der Waals surface area contributed by atoms with Crippen LogP contribution in [0.3, 0.4) is 0 Å². The van der Waals surface area contributed by atoms with E-state index in [1.54, 1.807) is 16.8 Å². The molecule has 0 aliphatic rings. The maximum absolute atomic E-state index is 10.6. The second-order valence-electron chi connectivity index (χ2n) is 2.86. The van der Waals surface area contributed by atoms with E-state index in [1.165, 1.54) is 0 Å². The zero-order valence-corrected chi connectivity index (χ0v) is 7.06. The Hall–Kier alpha value is -1.84. The molecule has 1 N–H and O–H groups in total. The highest BCUT2D eigenvalue weighted by molar-refractivity contribution is 5.87. The minimum atomic E-state index is -0.997. The number of aryl methyl sites for hydroxylation is 1. The number of fused-ring (bicyclic) bond motifs is 1. The fourth-order valence-corrected chi connectivity index (χ4v) is 1.26. The molecule has 2 aromatic heterocycles. The molecule has 13 heavy (non-hydrogen) atoms. The molecular formula is C9H8N2O2. The molecule has 2 heterocycles. The van der Waals surface area contributed by atoms with Crippen molar-refractivity contribution in [2.24, 2.45) is 0 Å². The number of carboxylic acids is 1. The average molecular weight is 176 g/mol. The molecule has 4 nitrogen and oxygen atoms in total. The van der Waals surface area contributed by atoms with E-state index in [-0.39, 0.29) is 5.69 Å². The first-order chi connectivity index (χ1) is 6.18. The van der Waals surface area contributed by atoms with Gasteiger partial charge in [-0.05, 0) is 24.6 Å². The molecule has 0 bridgehead atoms. The number of nitrogens with zero attached hydrogens (tertiary/aromatic N) is 2. The number of carbonyl (C=O) groups is 1. The van der Waals surface area contributed by atoms with Crippen LogP contribution in [-0.4, -0.2) is 20.7 Å². The molecule has 0 amide bonds. The molecule has 2 rings (SSSR count). The van der Waals surface area contributed by atoms with Gasteiger partial charge in [-0.1, -0.05) is 6.07 Å². The summed E-state index contributed by atoms with van der Waals surface area (Å²) < 4.78 is 1.57. The van der Waals surface area contributed by atoms with Gasteiger partial charge in [0, 0.05) is 6.20 Å². The fraction of sp³-hybridized carbons (Fsp3) is 0.111. The topological polar surface area (TPSA) is 54.6 Å². The van der Waals surface area contributed by atoms with Crippen molar-refractivity contribution in [2.75, 3.05) is 0 Å². The van der Waals surface area contributed by atoms with Crippen LogP contribution >= 0.6 is 0 Å². The molecule has 0 saturated carbocycles. The van der Waals surface area contributed by atoms with Crippen molar-refractivity contribution in [1.29, 1.82) is 0 Å². The summed E-state index contributed by atoms with van der Waals surface area (Å²) in [6, 6.07) is 5.32. The normalized spacial score (nSPS) is 10.5. The summed E-state index contributed by atoms with van der Waals surface area (Å²) >= 11 is 0. The van der Waals surface area contributed by atoms with E-state index < -0.39 is 5.97 Å². The van der Waals surface area contributed by atoms with Gasteiger partial charge in [-0.3, -0.25) is 0 Å². The van der Waals surface area contributed by atoms with Crippen LogP contribution in [0.5, 0.6) is 0 Å². The summed E-state index contributed by atoms with van der Waals surface area (Å²) in [6.07, 6.45) is 1.73. The highest BCUT2D eigenvalue weighted by atomic mass is 16.4. The number of rotatable bonds is 1. The number of aromatic nitrogens is 2. The zero-order valence-electron chi connectivity index (χ0n) is 7.06. The van der Waals surface area contributed by atoms with Gasteiger partial charge in [-0.15, -0.1) is 0 Å². The first-order valence-corrected chi connectivity index (χ1v) is 3.87. The van der Waals surface area contributed by atoms with Crippen LogP contribution < -0.4 is 0 Å². The number of carboxylic acid groups (broad SMARTS) is 1. The van der Waals surface area contributed by atoms with Gasteiger partial charge in [0.05, 0.1) is 5.52 Å². The van der Waals surface area contributed by atoms with Gasteiger partial charge in [-0.2, -0.15) is 5.10 Å². The van der Waals surface area contributed by atoms with Gasteiger partial charge in [0.1, 0.15) is 0 Å². The summed E-state index contributed by atoms with van der Waals surface area (Å²) in [6.45, 7) is 1.92. The van der Waals surface area contributed by atoms with Crippen molar-refractivity contribution < 1.29 is 9.90 Å². The summed E-state index contributed by atoms with van der Waals surface area (Å²) in [5.74, 6) is -0.997. The standard InChI is InChI=1S/C9H8N2O2/c1-6-3-2-4-11-8(6)5-7(10-11)9(12)13/h2-5H,1H3,(H,12,13). The van der Waals surface area contributed by atoms with Gasteiger partial charge in [0.25, 0.3) is 0 Å². The number of hydrogen-bond acceptors (Lipinski definition) is 2. The number of aromatic carboxylic acids is 1. The van der Waals surface area contributed by atoms with Gasteiger partial charge < -0.3 is 5.11 Å². The molecule has 0 atom stereocenters. The van der Waals surface area contributed by atoms with Gasteiger partial charge in [0.15, 0.2) is 5.69 Å². The summed E-state index contributed by atoms with van der Waals surface area (Å²) in [5.41, 5.74) is 1.93. The lowest BCUT2D eigenvalue weighted by molar-refractivity contribution is 0.0690. The van der Waals surface area contributed by atoms with E-state index >= 15 is 0 Å². The van der Waals surface area contributed by atoms with Gasteiger partial charge in [0.2, 0.25) is 0 Å². The molecular weight excluding hydrogens is 168 g/mol. The SMILES string of the molecule is Cc1cccn2nc(C(=O)O)cc12. The Labute approximate surface area is 74.4 Å². The summed E-state index contributed by atoms with van der Waals surface area (Å²) in [7, 11) is 0. The van der Waals surface area contributed by atoms with E-state index in [0.717, 1.165) is 11.1 Å². The lowest BCUT2D eigenvalue weighted by atomic mass is 10.2. The van der Waals surface area contributed by atoms with Gasteiger partial charge in [-0.25, -0.2) is 9.31 Å². The molecule has 0 radical (unpaired) electrons. The predicted molar refractivity (Wildman–Crippen MR) is 46.9 cm³/mol. The maximum Gasteiger partial charge on any atom is 0.356 e. The minimum absolute atomic E-state index is 0.0781. The summed E-state index contributed by atoms with van der Waals surface area (Å²) in [5, 5.41) is 12.6. The number of hydrogen-bond donors (Lipinski definition) is 1. The predicted octanol–water partition coefficient (Wildman–Crippen LogP) is 1.34. The molecule has 2 aromatic rings. The van der Waals surface area contributed by atoms with Crippen molar-refractivity contribution in [2.45, 2.75) is 6.92 Å². The van der Waals surface area contributed by atoms with Crippen LogP contribution in [0, 0.1) is 6.92 Å². The molecule has 0 unspecified atom stereocenters. The van der Waals surface area contributed by atoms with Gasteiger partial charge >= 0.3 is 5.97 Å². The van der Waals surface area contributed by atoms with Crippen LogP contribution in [0.1, 0.15) is 16.1 Å². The molecule has 0 saturated heterocycles. The van der Waals surface area contributed by atoms with Crippen molar-refractivity contribution in [3.63, 3.8) is 0 Å². The Morgan fingerprint density at radius 3 is 3.00 bits per heavy atom. The Kier molecular flexibility index (Phi) is 1.55. The highest BCUT2D eigenvalue weighted by Crippen LogP contribution is 2.10. The van der Waals surface area contributed by atoms with Crippen molar-refractivity contribution in [1.82, 2.24) is 9.61 Å². The lowest BCUT2D eigenvalue weighted by Gasteiger charge is -1.93. The third-order valence-corrected chi connectivity index (χ3v) is 1.93. The quantitative estimate of drug-likeness (QED) is 0.713. The summed E-state index contributed by atoms with van der Waals surface area (Å²) in [4.78, 5) is 10.6. The maximum atomic E-state index is 10.6. The highest BCUT2D eigenvalue weighted by Gasteiger charge is 2.08. The Balaban J connectivity index is 2.75. The zero-order chi connectivity index (χ0) is 9.42. The molecule has 4 heteroatoms. The molecule has 0 aromatic carbocycles. The second-order valence-corrected chi connectivity index (χ2v) is 2.86. The van der Waals surface area contributed by atoms with E-state index in [0.29, 0.717) is 0 Å². The second kappa shape index (κ2) is 2.58. The van der Waals surface area contributed by atoms with Crippen LogP contribution in [0.25, 0.3) is 5.52 Å². The first-order valence-electron chi connectivity index (χ1n) is 3.87. The number of pyridine rings is 1. The average Bonchev–Trinajstić information content (AvgIpc) is 2.49. The molecule has 0 aliphatic carbocycles. The third kappa shape index (κ3) is 1.16. The van der Waals surface area contributed by atoms with E-state index in [4.69, 9.17) is 5.11 Å². The van der Waals surface area contributed by atoms with Crippen LogP contribution in [0.4, 0.5) is 0 Å². The van der Waals surface area contributed by atoms with E-state index in [1.807, 2.05) is 19.1 Å². The third-order valence-electron chi connectivity index (χ3n) is 1.93. The van der Waals surface area contributed by atoms with Crippen molar-refractivity contribution in [3.05, 3.63) is 35.7 Å². The van der Waals surface area contributed by atoms with E-state index in [9.17, 15) is 4.79 Å². The van der Waals surface area contributed by atoms with Crippen molar-refractivity contribution >= 4 is 11.5 Å². The van der Waals surface area contributed by atoms with E-state index in [2.05, 4.69) is 5.10 Å². The Morgan fingerprint density at radius 2 is 2.38 bits per heavy atom. The first kappa shape index (κ1) is 7.79. The van der Waals surface area contributed by atoms with Crippen LogP contribution in [-0.2, 0) is 0 Å².